The Morgan fingerprint density at radius 1 is 1.18 bits per heavy atom. The van der Waals surface area contributed by atoms with Crippen molar-refractivity contribution in [3.8, 4) is 22.8 Å². The average Bonchev–Trinajstić information content (AvgIpc) is 3.50. The van der Waals surface area contributed by atoms with Crippen LogP contribution < -0.4 is 0 Å². The molecule has 0 saturated carbocycles. The predicted molar refractivity (Wildman–Crippen MR) is 101 cm³/mol. The molecule has 1 aliphatic rings. The Bertz CT molecular complexity index is 1020. The summed E-state index contributed by atoms with van der Waals surface area (Å²) in [6.07, 6.45) is 7.33. The van der Waals surface area contributed by atoms with Gasteiger partial charge in [-0.2, -0.15) is 10.1 Å². The highest BCUT2D eigenvalue weighted by Crippen LogP contribution is 2.29. The standard InChI is InChI=1S/C20H20N6O2/c1-3-14(11-21-8-1)19-23-20(28-25-19)15-4-2-10-26(12-15)13-16-5-6-18(27-16)17-7-9-22-24-17/h1,3,5-9,11,15H,2,4,10,12-13H2,(H,22,24)/t15-/m1/s1. The number of aromatic amines is 1. The number of hydrogen-bond donors (Lipinski definition) is 1. The fourth-order valence-corrected chi connectivity index (χ4v) is 3.64. The number of likely N-dealkylation sites (tertiary alicyclic amines) is 1. The SMILES string of the molecule is c1cncc(-c2noc([C@@H]3CCCN(Cc4ccc(-c5ccn[nH]5)o4)C3)n2)c1. The molecule has 1 atom stereocenters. The molecule has 8 nitrogen and oxygen atoms in total. The molecule has 0 bridgehead atoms. The largest absolute Gasteiger partial charge is 0.458 e. The molecular formula is C20H20N6O2. The summed E-state index contributed by atoms with van der Waals surface area (Å²) in [6, 6.07) is 9.70. The van der Waals surface area contributed by atoms with Crippen LogP contribution in [-0.4, -0.2) is 43.3 Å². The normalized spacial score (nSPS) is 17.8. The quantitative estimate of drug-likeness (QED) is 0.569. The van der Waals surface area contributed by atoms with Gasteiger partial charge < -0.3 is 8.94 Å². The van der Waals surface area contributed by atoms with Gasteiger partial charge in [0.25, 0.3) is 0 Å². The molecule has 0 unspecified atom stereocenters. The molecule has 0 aliphatic carbocycles. The monoisotopic (exact) mass is 376 g/mol. The van der Waals surface area contributed by atoms with Gasteiger partial charge in [-0.3, -0.25) is 15.0 Å². The molecule has 4 aromatic heterocycles. The van der Waals surface area contributed by atoms with E-state index >= 15 is 0 Å². The van der Waals surface area contributed by atoms with Crippen LogP contribution in [0.5, 0.6) is 0 Å². The summed E-state index contributed by atoms with van der Waals surface area (Å²) in [4.78, 5) is 11.1. The first kappa shape index (κ1) is 16.9. The number of furan rings is 1. The van der Waals surface area contributed by atoms with Crippen molar-refractivity contribution in [3.63, 3.8) is 0 Å². The maximum absolute atomic E-state index is 5.96. The topological polar surface area (TPSA) is 96.9 Å². The summed E-state index contributed by atoms with van der Waals surface area (Å²) in [5.41, 5.74) is 1.75. The zero-order valence-electron chi connectivity index (χ0n) is 15.3. The van der Waals surface area contributed by atoms with Gasteiger partial charge in [0.2, 0.25) is 11.7 Å². The summed E-state index contributed by atoms with van der Waals surface area (Å²) >= 11 is 0. The number of H-pyrrole nitrogens is 1. The number of nitrogens with zero attached hydrogens (tertiary/aromatic N) is 5. The number of nitrogens with one attached hydrogen (secondary N) is 1. The molecule has 0 aromatic carbocycles. The lowest BCUT2D eigenvalue weighted by Gasteiger charge is -2.30. The molecule has 1 fully saturated rings. The molecule has 1 saturated heterocycles. The molecule has 0 radical (unpaired) electrons. The number of hydrogen-bond acceptors (Lipinski definition) is 7. The van der Waals surface area contributed by atoms with Gasteiger partial charge in [0.05, 0.1) is 12.5 Å². The second-order valence-corrected chi connectivity index (χ2v) is 7.01. The smallest absolute Gasteiger partial charge is 0.231 e. The van der Waals surface area contributed by atoms with Crippen molar-refractivity contribution in [1.29, 1.82) is 0 Å². The summed E-state index contributed by atoms with van der Waals surface area (Å²) < 4.78 is 11.5. The summed E-state index contributed by atoms with van der Waals surface area (Å²) in [6.45, 7) is 2.66. The van der Waals surface area contributed by atoms with E-state index in [1.807, 2.05) is 30.3 Å². The summed E-state index contributed by atoms with van der Waals surface area (Å²) in [7, 11) is 0. The van der Waals surface area contributed by atoms with E-state index in [2.05, 4.69) is 30.2 Å². The number of rotatable bonds is 5. The lowest BCUT2D eigenvalue weighted by atomic mass is 9.98. The van der Waals surface area contributed by atoms with E-state index in [0.29, 0.717) is 11.7 Å². The Kier molecular flexibility index (Phi) is 4.46. The van der Waals surface area contributed by atoms with Gasteiger partial charge in [-0.05, 0) is 49.7 Å². The van der Waals surface area contributed by atoms with Crippen molar-refractivity contribution >= 4 is 0 Å². The molecule has 4 aromatic rings. The van der Waals surface area contributed by atoms with E-state index in [0.717, 1.165) is 55.3 Å². The van der Waals surface area contributed by atoms with Crippen LogP contribution >= 0.6 is 0 Å². The van der Waals surface area contributed by atoms with Crippen LogP contribution in [0.25, 0.3) is 22.8 Å². The third-order valence-corrected chi connectivity index (χ3v) is 5.02. The number of aromatic nitrogens is 5. The predicted octanol–water partition coefficient (Wildman–Crippen LogP) is 3.49. The summed E-state index contributed by atoms with van der Waals surface area (Å²) in [5.74, 6) is 3.26. The molecule has 1 N–H and O–H groups in total. The van der Waals surface area contributed by atoms with E-state index in [9.17, 15) is 0 Å². The van der Waals surface area contributed by atoms with Crippen molar-refractivity contribution in [2.75, 3.05) is 13.1 Å². The molecule has 0 amide bonds. The van der Waals surface area contributed by atoms with Crippen LogP contribution in [0, 0.1) is 0 Å². The van der Waals surface area contributed by atoms with Crippen LogP contribution in [0.1, 0.15) is 30.4 Å². The van der Waals surface area contributed by atoms with Crippen LogP contribution in [0.15, 0.2) is 57.9 Å². The molecule has 1 aliphatic heterocycles. The van der Waals surface area contributed by atoms with Crippen LogP contribution in [0.2, 0.25) is 0 Å². The average molecular weight is 376 g/mol. The highest BCUT2D eigenvalue weighted by molar-refractivity contribution is 5.52. The molecule has 28 heavy (non-hydrogen) atoms. The van der Waals surface area contributed by atoms with Crippen molar-refractivity contribution in [1.82, 2.24) is 30.2 Å². The molecule has 0 spiro atoms. The van der Waals surface area contributed by atoms with Gasteiger partial charge in [0, 0.05) is 30.7 Å². The van der Waals surface area contributed by atoms with E-state index in [4.69, 9.17) is 8.94 Å². The molecule has 8 heteroatoms. The second kappa shape index (κ2) is 7.40. The Balaban J connectivity index is 1.26. The first-order chi connectivity index (χ1) is 13.8. The van der Waals surface area contributed by atoms with Crippen molar-refractivity contribution < 1.29 is 8.94 Å². The van der Waals surface area contributed by atoms with Gasteiger partial charge >= 0.3 is 0 Å². The van der Waals surface area contributed by atoms with Crippen molar-refractivity contribution in [3.05, 3.63) is 60.6 Å². The van der Waals surface area contributed by atoms with Crippen LogP contribution in [0.3, 0.4) is 0 Å². The first-order valence-corrected chi connectivity index (χ1v) is 9.40. The second-order valence-electron chi connectivity index (χ2n) is 7.01. The highest BCUT2D eigenvalue weighted by atomic mass is 16.5. The third-order valence-electron chi connectivity index (χ3n) is 5.02. The molecular weight excluding hydrogens is 356 g/mol. The maximum Gasteiger partial charge on any atom is 0.231 e. The fourth-order valence-electron chi connectivity index (χ4n) is 3.64. The number of piperidine rings is 1. The van der Waals surface area contributed by atoms with E-state index in [1.54, 1.807) is 18.6 Å². The minimum atomic E-state index is 0.230. The van der Waals surface area contributed by atoms with Crippen LogP contribution in [0.4, 0.5) is 0 Å². The number of pyridine rings is 1. The minimum absolute atomic E-state index is 0.230. The molecule has 142 valence electrons. The lowest BCUT2D eigenvalue weighted by molar-refractivity contribution is 0.170. The van der Waals surface area contributed by atoms with Gasteiger partial charge in [-0.1, -0.05) is 5.16 Å². The lowest BCUT2D eigenvalue weighted by Crippen LogP contribution is -2.33. The summed E-state index contributed by atoms with van der Waals surface area (Å²) in [5, 5.41) is 11.0. The van der Waals surface area contributed by atoms with Crippen LogP contribution in [-0.2, 0) is 6.54 Å². The first-order valence-electron chi connectivity index (χ1n) is 9.40. The van der Waals surface area contributed by atoms with Gasteiger partial charge in [0.15, 0.2) is 5.76 Å². The Morgan fingerprint density at radius 3 is 3.04 bits per heavy atom. The zero-order chi connectivity index (χ0) is 18.8. The van der Waals surface area contributed by atoms with Gasteiger partial charge in [-0.25, -0.2) is 0 Å². The van der Waals surface area contributed by atoms with Gasteiger partial charge in [0.1, 0.15) is 11.5 Å². The maximum atomic E-state index is 5.96. The van der Waals surface area contributed by atoms with E-state index < -0.39 is 0 Å². The molecule has 5 heterocycles. The highest BCUT2D eigenvalue weighted by Gasteiger charge is 2.27. The van der Waals surface area contributed by atoms with E-state index in [1.165, 1.54) is 0 Å². The Hall–Kier alpha value is -3.26. The van der Waals surface area contributed by atoms with Gasteiger partial charge in [-0.15, -0.1) is 0 Å². The fraction of sp³-hybridized carbons (Fsp3) is 0.300. The third kappa shape index (κ3) is 3.46. The zero-order valence-corrected chi connectivity index (χ0v) is 15.3. The van der Waals surface area contributed by atoms with Crippen molar-refractivity contribution in [2.45, 2.75) is 25.3 Å². The Morgan fingerprint density at radius 2 is 2.18 bits per heavy atom. The van der Waals surface area contributed by atoms with Crippen molar-refractivity contribution in [2.24, 2.45) is 0 Å². The van der Waals surface area contributed by atoms with E-state index in [-0.39, 0.29) is 5.92 Å². The minimum Gasteiger partial charge on any atom is -0.458 e. The molecule has 5 rings (SSSR count). The Labute approximate surface area is 161 Å².